The van der Waals surface area contributed by atoms with Gasteiger partial charge in [-0.15, -0.1) is 5.10 Å². The van der Waals surface area contributed by atoms with Crippen LogP contribution in [-0.2, 0) is 6.54 Å². The summed E-state index contributed by atoms with van der Waals surface area (Å²) in [5.74, 6) is 0. The molecular formula is C7H10ClN3OS. The fourth-order valence-electron chi connectivity index (χ4n) is 1.46. The molecule has 72 valence electrons. The smallest absolute Gasteiger partial charge is 0.138 e. The number of aromatic nitrogens is 2. The minimum Gasteiger partial charge on any atom is -0.392 e. The molecule has 1 aromatic rings. The second-order valence-corrected chi connectivity index (χ2v) is 4.53. The molecule has 1 N–H and O–H groups in total. The molecule has 0 aliphatic carbocycles. The van der Waals surface area contributed by atoms with Crippen LogP contribution in [0, 0.1) is 0 Å². The quantitative estimate of drug-likeness (QED) is 0.798. The molecule has 0 radical (unpaired) electrons. The highest BCUT2D eigenvalue weighted by atomic mass is 35.5. The summed E-state index contributed by atoms with van der Waals surface area (Å²) in [7, 11) is 0. The first-order valence-corrected chi connectivity index (χ1v) is 5.28. The van der Waals surface area contributed by atoms with Crippen molar-refractivity contribution in [3.05, 3.63) is 10.0 Å². The van der Waals surface area contributed by atoms with Gasteiger partial charge >= 0.3 is 0 Å². The number of β-amino-alcohol motifs (C(OH)–C–C–N with tert-alkyl or cyclic N) is 1. The average molecular weight is 220 g/mol. The van der Waals surface area contributed by atoms with Gasteiger partial charge in [-0.3, -0.25) is 4.90 Å². The van der Waals surface area contributed by atoms with E-state index in [9.17, 15) is 5.11 Å². The Hall–Kier alpha value is -0.230. The van der Waals surface area contributed by atoms with Crippen LogP contribution in [0.5, 0.6) is 0 Å². The highest BCUT2D eigenvalue weighted by Gasteiger charge is 2.21. The van der Waals surface area contributed by atoms with E-state index in [-0.39, 0.29) is 6.10 Å². The summed E-state index contributed by atoms with van der Waals surface area (Å²) in [6.45, 7) is 2.33. The van der Waals surface area contributed by atoms with E-state index in [0.29, 0.717) is 17.4 Å². The Morgan fingerprint density at radius 3 is 3.08 bits per heavy atom. The lowest BCUT2D eigenvalue weighted by atomic mass is 10.3. The van der Waals surface area contributed by atoms with Gasteiger partial charge in [0.1, 0.15) is 10.0 Å². The highest BCUT2D eigenvalue weighted by molar-refractivity contribution is 7.10. The number of aliphatic hydroxyl groups is 1. The third kappa shape index (κ3) is 2.17. The lowest BCUT2D eigenvalue weighted by Gasteiger charge is -2.12. The second-order valence-electron chi connectivity index (χ2n) is 3.17. The second kappa shape index (κ2) is 3.88. The van der Waals surface area contributed by atoms with Crippen molar-refractivity contribution in [2.45, 2.75) is 19.1 Å². The van der Waals surface area contributed by atoms with Crippen molar-refractivity contribution >= 4 is 23.1 Å². The van der Waals surface area contributed by atoms with Crippen LogP contribution in [0.2, 0.25) is 4.34 Å². The van der Waals surface area contributed by atoms with Crippen LogP contribution >= 0.6 is 23.1 Å². The standard InChI is InChI=1S/C7H10ClN3OS/c8-7-6(9-10-13-7)4-11-2-1-5(12)3-11/h5,12H,1-4H2/t5-/m0/s1. The molecule has 1 saturated heterocycles. The summed E-state index contributed by atoms with van der Waals surface area (Å²) >= 11 is 7.06. The van der Waals surface area contributed by atoms with Gasteiger partial charge in [-0.2, -0.15) is 0 Å². The largest absolute Gasteiger partial charge is 0.392 e. The molecule has 1 aliphatic heterocycles. The maximum absolute atomic E-state index is 9.29. The van der Waals surface area contributed by atoms with Crippen molar-refractivity contribution in [2.24, 2.45) is 0 Å². The molecule has 0 unspecified atom stereocenters. The van der Waals surface area contributed by atoms with E-state index < -0.39 is 0 Å². The van der Waals surface area contributed by atoms with Gasteiger partial charge in [0.15, 0.2) is 0 Å². The number of aliphatic hydroxyl groups excluding tert-OH is 1. The van der Waals surface area contributed by atoms with Gasteiger partial charge in [-0.1, -0.05) is 16.1 Å². The molecule has 2 rings (SSSR count). The van der Waals surface area contributed by atoms with Crippen molar-refractivity contribution in [3.63, 3.8) is 0 Å². The number of hydrogen-bond donors (Lipinski definition) is 1. The SMILES string of the molecule is O[C@H]1CCN(Cc2nnsc2Cl)C1. The molecule has 1 fully saturated rings. The molecule has 4 nitrogen and oxygen atoms in total. The Bertz CT molecular complexity index is 293. The van der Waals surface area contributed by atoms with Gasteiger partial charge < -0.3 is 5.11 Å². The topological polar surface area (TPSA) is 49.2 Å². The molecule has 0 amide bonds. The van der Waals surface area contributed by atoms with Crippen LogP contribution in [0.15, 0.2) is 0 Å². The molecule has 0 bridgehead atoms. The van der Waals surface area contributed by atoms with Crippen LogP contribution in [0.4, 0.5) is 0 Å². The fraction of sp³-hybridized carbons (Fsp3) is 0.714. The lowest BCUT2D eigenvalue weighted by Crippen LogP contribution is -2.21. The van der Waals surface area contributed by atoms with Crippen molar-refractivity contribution in [2.75, 3.05) is 13.1 Å². The minimum atomic E-state index is -0.189. The minimum absolute atomic E-state index is 0.189. The maximum atomic E-state index is 9.29. The molecule has 0 saturated carbocycles. The van der Waals surface area contributed by atoms with E-state index in [1.54, 1.807) is 0 Å². The number of halogens is 1. The first-order chi connectivity index (χ1) is 6.25. The Kier molecular flexibility index (Phi) is 2.78. The van der Waals surface area contributed by atoms with E-state index >= 15 is 0 Å². The van der Waals surface area contributed by atoms with E-state index in [1.807, 2.05) is 0 Å². The monoisotopic (exact) mass is 219 g/mol. The normalized spacial score (nSPS) is 24.0. The van der Waals surface area contributed by atoms with E-state index in [2.05, 4.69) is 14.5 Å². The zero-order chi connectivity index (χ0) is 9.26. The van der Waals surface area contributed by atoms with Gasteiger partial charge in [0.05, 0.1) is 6.10 Å². The van der Waals surface area contributed by atoms with Gasteiger partial charge in [-0.25, -0.2) is 0 Å². The molecule has 0 spiro atoms. The molecule has 0 aromatic carbocycles. The van der Waals surface area contributed by atoms with Gasteiger partial charge in [-0.05, 0) is 6.42 Å². The predicted octanol–water partition coefficient (Wildman–Crippen LogP) is 0.758. The van der Waals surface area contributed by atoms with Gasteiger partial charge in [0.2, 0.25) is 0 Å². The Morgan fingerprint density at radius 2 is 2.54 bits per heavy atom. The summed E-state index contributed by atoms with van der Waals surface area (Å²) in [4.78, 5) is 2.13. The lowest BCUT2D eigenvalue weighted by molar-refractivity contribution is 0.174. The Balaban J connectivity index is 1.95. The van der Waals surface area contributed by atoms with Crippen molar-refractivity contribution in [1.82, 2.24) is 14.5 Å². The molecule has 13 heavy (non-hydrogen) atoms. The average Bonchev–Trinajstić information content (AvgIpc) is 2.64. The van der Waals surface area contributed by atoms with E-state index in [0.717, 1.165) is 18.7 Å². The summed E-state index contributed by atoms with van der Waals surface area (Å²) in [5, 5.41) is 13.2. The van der Waals surface area contributed by atoms with Crippen LogP contribution < -0.4 is 0 Å². The summed E-state index contributed by atoms with van der Waals surface area (Å²) in [6.07, 6.45) is 0.653. The Morgan fingerprint density at radius 1 is 1.69 bits per heavy atom. The third-order valence-electron chi connectivity index (χ3n) is 2.13. The Labute approximate surface area is 85.3 Å². The zero-order valence-corrected chi connectivity index (χ0v) is 8.55. The van der Waals surface area contributed by atoms with Crippen LogP contribution in [0.1, 0.15) is 12.1 Å². The summed E-state index contributed by atoms with van der Waals surface area (Å²) < 4.78 is 4.41. The van der Waals surface area contributed by atoms with E-state index in [4.69, 9.17) is 11.6 Å². The van der Waals surface area contributed by atoms with Crippen molar-refractivity contribution in [1.29, 1.82) is 0 Å². The number of hydrogen-bond acceptors (Lipinski definition) is 5. The number of likely N-dealkylation sites (tertiary alicyclic amines) is 1. The molecule has 1 aromatic heterocycles. The molecule has 6 heteroatoms. The van der Waals surface area contributed by atoms with Gasteiger partial charge in [0, 0.05) is 31.2 Å². The van der Waals surface area contributed by atoms with Crippen LogP contribution in [0.25, 0.3) is 0 Å². The molecule has 2 heterocycles. The highest BCUT2D eigenvalue weighted by Crippen LogP contribution is 2.20. The molecule has 1 atom stereocenters. The van der Waals surface area contributed by atoms with Gasteiger partial charge in [0.25, 0.3) is 0 Å². The third-order valence-corrected chi connectivity index (χ3v) is 3.11. The molecule has 1 aliphatic rings. The number of rotatable bonds is 2. The number of nitrogens with zero attached hydrogens (tertiary/aromatic N) is 3. The van der Waals surface area contributed by atoms with Crippen LogP contribution in [-0.4, -0.2) is 38.8 Å². The summed E-state index contributed by atoms with van der Waals surface area (Å²) in [6, 6.07) is 0. The zero-order valence-electron chi connectivity index (χ0n) is 6.98. The predicted molar refractivity (Wildman–Crippen MR) is 50.8 cm³/mol. The van der Waals surface area contributed by atoms with Crippen LogP contribution in [0.3, 0.4) is 0 Å². The van der Waals surface area contributed by atoms with Crippen molar-refractivity contribution < 1.29 is 5.11 Å². The van der Waals surface area contributed by atoms with E-state index in [1.165, 1.54) is 11.5 Å². The first-order valence-electron chi connectivity index (χ1n) is 4.13. The fourth-order valence-corrected chi connectivity index (χ4v) is 2.07. The maximum Gasteiger partial charge on any atom is 0.138 e. The molecular weight excluding hydrogens is 210 g/mol. The van der Waals surface area contributed by atoms with Crippen molar-refractivity contribution in [3.8, 4) is 0 Å². The first kappa shape index (κ1) is 9.33. The summed E-state index contributed by atoms with van der Waals surface area (Å²) in [5.41, 5.74) is 0.820.